The van der Waals surface area contributed by atoms with Gasteiger partial charge in [-0.2, -0.15) is 0 Å². The molecule has 29 heavy (non-hydrogen) atoms. The van der Waals surface area contributed by atoms with E-state index in [-0.39, 0.29) is 24.2 Å². The fourth-order valence-electron chi connectivity index (χ4n) is 3.54. The molecule has 1 aliphatic heterocycles. The smallest absolute Gasteiger partial charge is 0.229 e. The molecule has 0 atom stereocenters. The van der Waals surface area contributed by atoms with Gasteiger partial charge in [0.05, 0.1) is 20.6 Å². The number of fused-ring (bicyclic) bond motifs is 1. The zero-order valence-electron chi connectivity index (χ0n) is 17.5. The molecular formula is C23H28N2O4. The first-order valence-corrected chi connectivity index (χ1v) is 9.83. The average Bonchev–Trinajstić information content (AvgIpc) is 3.14. The van der Waals surface area contributed by atoms with E-state index in [1.54, 1.807) is 20.3 Å². The number of carbonyl (C=O) groups excluding carboxylic acids is 2. The van der Waals surface area contributed by atoms with Crippen LogP contribution in [-0.4, -0.2) is 32.6 Å². The van der Waals surface area contributed by atoms with Crippen LogP contribution in [0.15, 0.2) is 36.4 Å². The summed E-state index contributed by atoms with van der Waals surface area (Å²) in [5.74, 6) is 1.32. The molecule has 3 rings (SSSR count). The predicted molar refractivity (Wildman–Crippen MR) is 112 cm³/mol. The van der Waals surface area contributed by atoms with Crippen LogP contribution >= 0.6 is 0 Å². The number of amides is 2. The van der Waals surface area contributed by atoms with Gasteiger partial charge in [0, 0.05) is 24.7 Å². The second-order valence-corrected chi connectivity index (χ2v) is 7.50. The normalized spacial score (nSPS) is 12.7. The molecule has 0 saturated carbocycles. The van der Waals surface area contributed by atoms with Crippen molar-refractivity contribution in [2.45, 2.75) is 33.2 Å². The minimum Gasteiger partial charge on any atom is -0.493 e. The summed E-state index contributed by atoms with van der Waals surface area (Å²) in [6.45, 7) is 5.02. The minimum atomic E-state index is -0.0608. The highest BCUT2D eigenvalue weighted by Gasteiger charge is 2.26. The van der Waals surface area contributed by atoms with Crippen LogP contribution in [0.5, 0.6) is 11.5 Å². The van der Waals surface area contributed by atoms with Gasteiger partial charge in [0.1, 0.15) is 0 Å². The lowest BCUT2D eigenvalue weighted by atomic mass is 10.1. The molecule has 0 unspecified atom stereocenters. The molecule has 6 heteroatoms. The highest BCUT2D eigenvalue weighted by atomic mass is 16.5. The molecular weight excluding hydrogens is 368 g/mol. The summed E-state index contributed by atoms with van der Waals surface area (Å²) in [6.07, 6.45) is 1.11. The number of nitrogens with zero attached hydrogens (tertiary/aromatic N) is 1. The van der Waals surface area contributed by atoms with Gasteiger partial charge < -0.3 is 19.7 Å². The number of rotatable bonds is 7. The first-order valence-electron chi connectivity index (χ1n) is 9.83. The van der Waals surface area contributed by atoms with Crippen molar-refractivity contribution in [1.82, 2.24) is 5.32 Å². The number of ether oxygens (including phenoxy) is 2. The van der Waals surface area contributed by atoms with E-state index in [9.17, 15) is 9.59 Å². The Morgan fingerprint density at radius 1 is 1.03 bits per heavy atom. The van der Waals surface area contributed by atoms with Gasteiger partial charge in [-0.05, 0) is 41.3 Å². The summed E-state index contributed by atoms with van der Waals surface area (Å²) in [5, 5.41) is 2.97. The van der Waals surface area contributed by atoms with E-state index in [1.807, 2.05) is 43.0 Å². The molecule has 0 aliphatic carbocycles. The van der Waals surface area contributed by atoms with Crippen molar-refractivity contribution in [2.75, 3.05) is 25.7 Å². The Kier molecular flexibility index (Phi) is 6.42. The van der Waals surface area contributed by atoms with Crippen LogP contribution in [0.2, 0.25) is 0 Å². The average molecular weight is 396 g/mol. The number of carbonyl (C=O) groups is 2. The molecule has 0 spiro atoms. The Bertz CT molecular complexity index is 908. The molecule has 0 aromatic heterocycles. The lowest BCUT2D eigenvalue weighted by Crippen LogP contribution is -2.32. The topological polar surface area (TPSA) is 67.9 Å². The van der Waals surface area contributed by atoms with E-state index in [0.29, 0.717) is 18.0 Å². The molecule has 1 heterocycles. The first kappa shape index (κ1) is 20.7. The quantitative estimate of drug-likeness (QED) is 0.781. The Labute approximate surface area is 171 Å². The van der Waals surface area contributed by atoms with Crippen LogP contribution in [0.25, 0.3) is 0 Å². The van der Waals surface area contributed by atoms with Gasteiger partial charge >= 0.3 is 0 Å². The third-order valence-electron chi connectivity index (χ3n) is 5.10. The van der Waals surface area contributed by atoms with Crippen molar-refractivity contribution in [3.05, 3.63) is 53.1 Å². The fourth-order valence-corrected chi connectivity index (χ4v) is 3.54. The van der Waals surface area contributed by atoms with E-state index in [0.717, 1.165) is 35.3 Å². The van der Waals surface area contributed by atoms with E-state index < -0.39 is 0 Å². The van der Waals surface area contributed by atoms with Gasteiger partial charge in [-0.15, -0.1) is 0 Å². The molecule has 6 nitrogen and oxygen atoms in total. The molecule has 2 amide bonds. The molecule has 2 aromatic carbocycles. The second-order valence-electron chi connectivity index (χ2n) is 7.50. The van der Waals surface area contributed by atoms with Crippen molar-refractivity contribution in [2.24, 2.45) is 5.92 Å². The number of hydrogen-bond acceptors (Lipinski definition) is 4. The summed E-state index contributed by atoms with van der Waals surface area (Å²) < 4.78 is 10.5. The molecule has 1 N–H and O–H groups in total. The van der Waals surface area contributed by atoms with Crippen LogP contribution in [-0.2, 0) is 29.0 Å². The van der Waals surface area contributed by atoms with Gasteiger partial charge in [-0.1, -0.05) is 32.0 Å². The monoisotopic (exact) mass is 396 g/mol. The van der Waals surface area contributed by atoms with Crippen LogP contribution < -0.4 is 19.7 Å². The lowest BCUT2D eigenvalue weighted by molar-refractivity contribution is -0.121. The molecule has 2 aromatic rings. The summed E-state index contributed by atoms with van der Waals surface area (Å²) in [5.41, 5.74) is 4.04. The number of benzene rings is 2. The van der Waals surface area contributed by atoms with Gasteiger partial charge in [-0.25, -0.2) is 0 Å². The second kappa shape index (κ2) is 8.99. The molecule has 0 radical (unpaired) electrons. The van der Waals surface area contributed by atoms with Crippen molar-refractivity contribution in [1.29, 1.82) is 0 Å². The highest BCUT2D eigenvalue weighted by Crippen LogP contribution is 2.30. The van der Waals surface area contributed by atoms with Gasteiger partial charge in [0.2, 0.25) is 11.8 Å². The first-order chi connectivity index (χ1) is 13.9. The van der Waals surface area contributed by atoms with Gasteiger partial charge in [0.25, 0.3) is 0 Å². The lowest BCUT2D eigenvalue weighted by Gasteiger charge is -2.19. The molecule has 0 saturated heterocycles. The zero-order chi connectivity index (χ0) is 21.0. The SMILES string of the molecule is COc1ccc(CC(=O)NCc2ccc3c(c2)CCN3C(=O)C(C)C)cc1OC. The van der Waals surface area contributed by atoms with Crippen molar-refractivity contribution in [3.63, 3.8) is 0 Å². The summed E-state index contributed by atoms with van der Waals surface area (Å²) in [6, 6.07) is 11.5. The summed E-state index contributed by atoms with van der Waals surface area (Å²) in [4.78, 5) is 26.5. The number of anilines is 1. The number of hydrogen-bond donors (Lipinski definition) is 1. The number of methoxy groups -OCH3 is 2. The standard InChI is InChI=1S/C23H28N2O4/c1-15(2)23(27)25-10-9-18-11-17(5-7-19(18)25)14-24-22(26)13-16-6-8-20(28-3)21(12-16)29-4/h5-8,11-12,15H,9-10,13-14H2,1-4H3,(H,24,26). The van der Waals surface area contributed by atoms with Crippen molar-refractivity contribution in [3.8, 4) is 11.5 Å². The number of nitrogens with one attached hydrogen (secondary N) is 1. The minimum absolute atomic E-state index is 0.0171. The van der Waals surface area contributed by atoms with E-state index in [1.165, 1.54) is 0 Å². The zero-order valence-corrected chi connectivity index (χ0v) is 17.5. The van der Waals surface area contributed by atoms with Crippen molar-refractivity contribution >= 4 is 17.5 Å². The highest BCUT2D eigenvalue weighted by molar-refractivity contribution is 5.96. The molecule has 154 valence electrons. The predicted octanol–water partition coefficient (Wildman–Crippen LogP) is 3.11. The van der Waals surface area contributed by atoms with Crippen molar-refractivity contribution < 1.29 is 19.1 Å². The maximum Gasteiger partial charge on any atom is 0.229 e. The summed E-state index contributed by atoms with van der Waals surface area (Å²) in [7, 11) is 3.16. The van der Waals surface area contributed by atoms with Gasteiger partial charge in [-0.3, -0.25) is 9.59 Å². The van der Waals surface area contributed by atoms with Crippen LogP contribution in [0.4, 0.5) is 5.69 Å². The maximum absolute atomic E-state index is 12.4. The summed E-state index contributed by atoms with van der Waals surface area (Å²) >= 11 is 0. The van der Waals surface area contributed by atoms with E-state index in [4.69, 9.17) is 9.47 Å². The largest absolute Gasteiger partial charge is 0.493 e. The van der Waals surface area contributed by atoms with Crippen LogP contribution in [0.1, 0.15) is 30.5 Å². The van der Waals surface area contributed by atoms with E-state index >= 15 is 0 Å². The Morgan fingerprint density at radius 3 is 2.45 bits per heavy atom. The van der Waals surface area contributed by atoms with E-state index in [2.05, 4.69) is 11.4 Å². The Balaban J connectivity index is 1.59. The Morgan fingerprint density at radius 2 is 1.76 bits per heavy atom. The third-order valence-corrected chi connectivity index (χ3v) is 5.10. The maximum atomic E-state index is 12.4. The van der Waals surface area contributed by atoms with Crippen LogP contribution in [0.3, 0.4) is 0 Å². The third kappa shape index (κ3) is 4.70. The fraction of sp³-hybridized carbons (Fsp3) is 0.391. The van der Waals surface area contributed by atoms with Crippen LogP contribution in [0, 0.1) is 5.92 Å². The van der Waals surface area contributed by atoms with Gasteiger partial charge in [0.15, 0.2) is 11.5 Å². The molecule has 1 aliphatic rings. The molecule has 0 bridgehead atoms. The molecule has 0 fully saturated rings. The Hall–Kier alpha value is -3.02.